The van der Waals surface area contributed by atoms with Gasteiger partial charge in [0, 0.05) is 0 Å². The molecule has 0 aromatic rings. The van der Waals surface area contributed by atoms with Crippen molar-refractivity contribution < 1.29 is 5.11 Å². The lowest BCUT2D eigenvalue weighted by Gasteiger charge is -2.47. The molecule has 1 rings (SSSR count). The highest BCUT2D eigenvalue weighted by Gasteiger charge is 2.42. The van der Waals surface area contributed by atoms with E-state index in [1.165, 1.54) is 25.7 Å². The standard InChI is InChI=1S/C15H31NO/c1-11(12(2)17)15(10-16)8-6-13(7-9-15)14(3,4)5/h11-13,17H,6-10,16H2,1-5H3. The molecule has 2 heteroatoms. The highest BCUT2D eigenvalue weighted by molar-refractivity contribution is 4.94. The third-order valence-electron chi connectivity index (χ3n) is 5.30. The van der Waals surface area contributed by atoms with Crippen LogP contribution in [-0.4, -0.2) is 17.8 Å². The summed E-state index contributed by atoms with van der Waals surface area (Å²) in [5, 5.41) is 9.84. The molecule has 102 valence electrons. The topological polar surface area (TPSA) is 46.2 Å². The van der Waals surface area contributed by atoms with Gasteiger partial charge in [0.2, 0.25) is 0 Å². The summed E-state index contributed by atoms with van der Waals surface area (Å²) in [6, 6.07) is 0. The van der Waals surface area contributed by atoms with Gasteiger partial charge < -0.3 is 10.8 Å². The van der Waals surface area contributed by atoms with Crippen molar-refractivity contribution in [3.05, 3.63) is 0 Å². The molecule has 0 radical (unpaired) electrons. The summed E-state index contributed by atoms with van der Waals surface area (Å²) in [5.41, 5.74) is 6.61. The van der Waals surface area contributed by atoms with E-state index >= 15 is 0 Å². The fraction of sp³-hybridized carbons (Fsp3) is 1.00. The van der Waals surface area contributed by atoms with Crippen LogP contribution in [0.1, 0.15) is 60.3 Å². The molecule has 3 N–H and O–H groups in total. The van der Waals surface area contributed by atoms with E-state index in [4.69, 9.17) is 5.73 Å². The zero-order valence-electron chi connectivity index (χ0n) is 12.3. The number of aliphatic hydroxyl groups excluding tert-OH is 1. The summed E-state index contributed by atoms with van der Waals surface area (Å²) >= 11 is 0. The monoisotopic (exact) mass is 241 g/mol. The molecule has 0 saturated heterocycles. The van der Waals surface area contributed by atoms with Crippen LogP contribution in [0.15, 0.2) is 0 Å². The zero-order chi connectivity index (χ0) is 13.3. The van der Waals surface area contributed by atoms with Crippen molar-refractivity contribution in [2.75, 3.05) is 6.54 Å². The van der Waals surface area contributed by atoms with Gasteiger partial charge >= 0.3 is 0 Å². The molecular formula is C15H31NO. The largest absolute Gasteiger partial charge is 0.393 e. The third kappa shape index (κ3) is 3.23. The van der Waals surface area contributed by atoms with Crippen LogP contribution in [0, 0.1) is 22.7 Å². The Balaban J connectivity index is 2.70. The molecule has 0 bridgehead atoms. The van der Waals surface area contributed by atoms with E-state index in [0.29, 0.717) is 11.3 Å². The van der Waals surface area contributed by atoms with E-state index in [2.05, 4.69) is 27.7 Å². The Bertz CT molecular complexity index is 234. The van der Waals surface area contributed by atoms with Gasteiger partial charge in [-0.1, -0.05) is 27.7 Å². The zero-order valence-corrected chi connectivity index (χ0v) is 12.3. The fourth-order valence-corrected chi connectivity index (χ4v) is 3.42. The molecule has 1 saturated carbocycles. The second-order valence-corrected chi connectivity index (χ2v) is 7.24. The number of hydrogen-bond acceptors (Lipinski definition) is 2. The van der Waals surface area contributed by atoms with Crippen molar-refractivity contribution in [1.82, 2.24) is 0 Å². The second kappa shape index (κ2) is 5.27. The summed E-state index contributed by atoms with van der Waals surface area (Å²) in [6.07, 6.45) is 4.63. The van der Waals surface area contributed by atoms with E-state index in [1.54, 1.807) is 0 Å². The van der Waals surface area contributed by atoms with Gasteiger partial charge in [-0.05, 0) is 61.8 Å². The third-order valence-corrected chi connectivity index (χ3v) is 5.30. The molecule has 2 atom stereocenters. The van der Waals surface area contributed by atoms with Gasteiger partial charge in [0.25, 0.3) is 0 Å². The van der Waals surface area contributed by atoms with Crippen molar-refractivity contribution in [2.45, 2.75) is 66.4 Å². The molecule has 0 aliphatic heterocycles. The van der Waals surface area contributed by atoms with Crippen LogP contribution >= 0.6 is 0 Å². The second-order valence-electron chi connectivity index (χ2n) is 7.24. The normalized spacial score (nSPS) is 34.4. The molecule has 17 heavy (non-hydrogen) atoms. The smallest absolute Gasteiger partial charge is 0.0543 e. The molecule has 2 nitrogen and oxygen atoms in total. The minimum atomic E-state index is -0.246. The number of hydrogen-bond donors (Lipinski definition) is 2. The van der Waals surface area contributed by atoms with Crippen molar-refractivity contribution in [3.8, 4) is 0 Å². The van der Waals surface area contributed by atoms with Crippen LogP contribution in [0.25, 0.3) is 0 Å². The molecule has 0 aromatic carbocycles. The summed E-state index contributed by atoms with van der Waals surface area (Å²) in [7, 11) is 0. The molecule has 1 fully saturated rings. The van der Waals surface area contributed by atoms with Gasteiger partial charge in [0.05, 0.1) is 6.10 Å². The van der Waals surface area contributed by atoms with E-state index in [-0.39, 0.29) is 11.5 Å². The minimum Gasteiger partial charge on any atom is -0.393 e. The predicted octanol–water partition coefficient (Wildman–Crippen LogP) is 3.18. The lowest BCUT2D eigenvalue weighted by Crippen LogP contribution is -2.45. The van der Waals surface area contributed by atoms with E-state index < -0.39 is 0 Å². The first kappa shape index (κ1) is 15.0. The average molecular weight is 241 g/mol. The summed E-state index contributed by atoms with van der Waals surface area (Å²) in [4.78, 5) is 0. The maximum atomic E-state index is 9.84. The first-order valence-corrected chi connectivity index (χ1v) is 7.11. The quantitative estimate of drug-likeness (QED) is 0.797. The first-order chi connectivity index (χ1) is 7.73. The van der Waals surface area contributed by atoms with Crippen LogP contribution in [-0.2, 0) is 0 Å². The lowest BCUT2D eigenvalue weighted by atomic mass is 9.59. The van der Waals surface area contributed by atoms with Crippen molar-refractivity contribution in [1.29, 1.82) is 0 Å². The number of aliphatic hydroxyl groups is 1. The SMILES string of the molecule is CC(O)C(C)C1(CN)CCC(C(C)(C)C)CC1. The van der Waals surface area contributed by atoms with E-state index in [0.717, 1.165) is 12.5 Å². The van der Waals surface area contributed by atoms with Crippen LogP contribution in [0.2, 0.25) is 0 Å². The molecule has 0 amide bonds. The first-order valence-electron chi connectivity index (χ1n) is 7.11. The predicted molar refractivity (Wildman–Crippen MR) is 73.7 cm³/mol. The molecular weight excluding hydrogens is 210 g/mol. The fourth-order valence-electron chi connectivity index (χ4n) is 3.42. The lowest BCUT2D eigenvalue weighted by molar-refractivity contribution is -0.00667. The number of nitrogens with two attached hydrogens (primary N) is 1. The summed E-state index contributed by atoms with van der Waals surface area (Å²) in [5.74, 6) is 1.12. The van der Waals surface area contributed by atoms with Crippen LogP contribution in [0.5, 0.6) is 0 Å². The number of rotatable bonds is 3. The van der Waals surface area contributed by atoms with E-state index in [9.17, 15) is 5.11 Å². The van der Waals surface area contributed by atoms with Crippen molar-refractivity contribution in [3.63, 3.8) is 0 Å². The summed E-state index contributed by atoms with van der Waals surface area (Å²) < 4.78 is 0. The van der Waals surface area contributed by atoms with E-state index in [1.807, 2.05) is 6.92 Å². The maximum Gasteiger partial charge on any atom is 0.0543 e. The van der Waals surface area contributed by atoms with Crippen LogP contribution in [0.4, 0.5) is 0 Å². The Labute approximate surface area is 107 Å². The Kier molecular flexibility index (Phi) is 4.65. The molecule has 1 aliphatic rings. The highest BCUT2D eigenvalue weighted by atomic mass is 16.3. The van der Waals surface area contributed by atoms with Gasteiger partial charge in [0.15, 0.2) is 0 Å². The molecule has 2 unspecified atom stereocenters. The minimum absolute atomic E-state index is 0.177. The molecule has 0 spiro atoms. The van der Waals surface area contributed by atoms with Gasteiger partial charge in [-0.25, -0.2) is 0 Å². The van der Waals surface area contributed by atoms with Crippen molar-refractivity contribution >= 4 is 0 Å². The Morgan fingerprint density at radius 1 is 1.24 bits per heavy atom. The summed E-state index contributed by atoms with van der Waals surface area (Å²) in [6.45, 7) is 11.8. The van der Waals surface area contributed by atoms with Gasteiger partial charge in [0.1, 0.15) is 0 Å². The molecule has 0 heterocycles. The van der Waals surface area contributed by atoms with Crippen LogP contribution < -0.4 is 5.73 Å². The van der Waals surface area contributed by atoms with Crippen LogP contribution in [0.3, 0.4) is 0 Å². The Morgan fingerprint density at radius 2 is 1.71 bits per heavy atom. The highest BCUT2D eigenvalue weighted by Crippen LogP contribution is 2.49. The van der Waals surface area contributed by atoms with Gasteiger partial charge in [-0.3, -0.25) is 0 Å². The Morgan fingerprint density at radius 3 is 2.00 bits per heavy atom. The molecule has 0 aromatic heterocycles. The maximum absolute atomic E-state index is 9.84. The average Bonchev–Trinajstić information content (AvgIpc) is 2.26. The van der Waals surface area contributed by atoms with Crippen molar-refractivity contribution in [2.24, 2.45) is 28.4 Å². The van der Waals surface area contributed by atoms with Gasteiger partial charge in [-0.2, -0.15) is 0 Å². The molecule has 1 aliphatic carbocycles. The Hall–Kier alpha value is -0.0800. The van der Waals surface area contributed by atoms with Gasteiger partial charge in [-0.15, -0.1) is 0 Å².